The summed E-state index contributed by atoms with van der Waals surface area (Å²) < 4.78 is 1.85. The van der Waals surface area contributed by atoms with Crippen molar-refractivity contribution in [2.75, 3.05) is 19.3 Å². The van der Waals surface area contributed by atoms with Gasteiger partial charge in [0.2, 0.25) is 0 Å². The van der Waals surface area contributed by atoms with Crippen LogP contribution >= 0.6 is 0 Å². The summed E-state index contributed by atoms with van der Waals surface area (Å²) in [6.07, 6.45) is 1.78. The molecule has 4 heteroatoms. The summed E-state index contributed by atoms with van der Waals surface area (Å²) in [5.74, 6) is -0.0263. The zero-order valence-corrected chi connectivity index (χ0v) is 10.2. The number of nitrogens with two attached hydrogens (primary N) is 1. The van der Waals surface area contributed by atoms with Crippen molar-refractivity contribution in [2.24, 2.45) is 0 Å². The van der Waals surface area contributed by atoms with Crippen molar-refractivity contribution >= 4 is 11.6 Å². The smallest absolute Gasteiger partial charge is 0.270 e. The van der Waals surface area contributed by atoms with Gasteiger partial charge in [-0.25, -0.2) is 0 Å². The van der Waals surface area contributed by atoms with Gasteiger partial charge in [0, 0.05) is 26.3 Å². The van der Waals surface area contributed by atoms with Gasteiger partial charge in [0.15, 0.2) is 0 Å². The van der Waals surface area contributed by atoms with E-state index in [2.05, 4.69) is 6.58 Å². The molecule has 0 saturated heterocycles. The van der Waals surface area contributed by atoms with Crippen molar-refractivity contribution in [3.8, 4) is 0 Å². The molecule has 0 bridgehead atoms. The van der Waals surface area contributed by atoms with E-state index in [1.54, 1.807) is 24.2 Å². The van der Waals surface area contributed by atoms with Crippen LogP contribution in [0.15, 0.2) is 24.4 Å². The Kier molecular flexibility index (Phi) is 3.77. The predicted molar refractivity (Wildman–Crippen MR) is 66.3 cm³/mol. The number of amides is 1. The van der Waals surface area contributed by atoms with Gasteiger partial charge in [0.25, 0.3) is 5.91 Å². The molecule has 0 radical (unpaired) electrons. The quantitative estimate of drug-likeness (QED) is 0.787. The average Bonchev–Trinajstić information content (AvgIpc) is 2.57. The lowest BCUT2D eigenvalue weighted by Gasteiger charge is -2.17. The van der Waals surface area contributed by atoms with E-state index in [9.17, 15) is 4.79 Å². The van der Waals surface area contributed by atoms with Crippen LogP contribution in [-0.4, -0.2) is 29.0 Å². The summed E-state index contributed by atoms with van der Waals surface area (Å²) >= 11 is 0. The molecule has 1 aromatic heterocycles. The van der Waals surface area contributed by atoms with Crippen LogP contribution in [0, 0.1) is 0 Å². The number of hydrogen-bond acceptors (Lipinski definition) is 2. The number of anilines is 1. The van der Waals surface area contributed by atoms with Gasteiger partial charge < -0.3 is 15.2 Å². The molecule has 0 unspecified atom stereocenters. The standard InChI is InChI=1S/C12H19N3O/c1-5-15-8-10(13)6-11(15)12(16)14(4)7-9(2)3/h6,8H,2,5,7,13H2,1,3-4H3. The number of likely N-dealkylation sites (N-methyl/N-ethyl adjacent to an activating group) is 1. The third-order valence-electron chi connectivity index (χ3n) is 2.33. The van der Waals surface area contributed by atoms with Crippen molar-refractivity contribution in [2.45, 2.75) is 20.4 Å². The summed E-state index contributed by atoms with van der Waals surface area (Å²) in [5, 5.41) is 0. The zero-order chi connectivity index (χ0) is 12.3. The van der Waals surface area contributed by atoms with Crippen LogP contribution in [-0.2, 0) is 6.54 Å². The van der Waals surface area contributed by atoms with Gasteiger partial charge in [-0.05, 0) is 19.9 Å². The molecule has 0 spiro atoms. The van der Waals surface area contributed by atoms with Crippen LogP contribution in [0.3, 0.4) is 0 Å². The van der Waals surface area contributed by atoms with Gasteiger partial charge in [0.05, 0.1) is 5.69 Å². The highest BCUT2D eigenvalue weighted by atomic mass is 16.2. The second-order valence-corrected chi connectivity index (χ2v) is 4.06. The number of aryl methyl sites for hydroxylation is 1. The number of carbonyl (C=O) groups is 1. The van der Waals surface area contributed by atoms with E-state index in [1.807, 2.05) is 18.4 Å². The third-order valence-corrected chi connectivity index (χ3v) is 2.33. The molecular weight excluding hydrogens is 202 g/mol. The fourth-order valence-corrected chi connectivity index (χ4v) is 1.65. The van der Waals surface area contributed by atoms with E-state index in [0.717, 1.165) is 12.1 Å². The van der Waals surface area contributed by atoms with Gasteiger partial charge in [-0.3, -0.25) is 4.79 Å². The van der Waals surface area contributed by atoms with E-state index in [0.29, 0.717) is 17.9 Å². The summed E-state index contributed by atoms with van der Waals surface area (Å²) in [6, 6.07) is 1.71. The zero-order valence-electron chi connectivity index (χ0n) is 10.2. The van der Waals surface area contributed by atoms with Crippen molar-refractivity contribution in [1.29, 1.82) is 0 Å². The van der Waals surface area contributed by atoms with E-state index < -0.39 is 0 Å². The Balaban J connectivity index is 2.90. The minimum Gasteiger partial charge on any atom is -0.397 e. The van der Waals surface area contributed by atoms with Gasteiger partial charge in [-0.2, -0.15) is 0 Å². The van der Waals surface area contributed by atoms with Crippen molar-refractivity contribution in [3.05, 3.63) is 30.1 Å². The first-order valence-electron chi connectivity index (χ1n) is 5.31. The van der Waals surface area contributed by atoms with Gasteiger partial charge in [0.1, 0.15) is 5.69 Å². The number of nitrogens with zero attached hydrogens (tertiary/aromatic N) is 2. The molecule has 2 N–H and O–H groups in total. The molecule has 1 heterocycles. The minimum atomic E-state index is -0.0263. The van der Waals surface area contributed by atoms with Crippen molar-refractivity contribution in [3.63, 3.8) is 0 Å². The maximum atomic E-state index is 12.1. The number of hydrogen-bond donors (Lipinski definition) is 1. The van der Waals surface area contributed by atoms with Crippen LogP contribution in [0.25, 0.3) is 0 Å². The first kappa shape index (κ1) is 12.4. The minimum absolute atomic E-state index is 0.0263. The van der Waals surface area contributed by atoms with E-state index in [-0.39, 0.29) is 5.91 Å². The molecular formula is C12H19N3O. The third kappa shape index (κ3) is 2.66. The molecule has 16 heavy (non-hydrogen) atoms. The largest absolute Gasteiger partial charge is 0.397 e. The first-order valence-corrected chi connectivity index (χ1v) is 5.31. The Bertz CT molecular complexity index is 406. The number of aromatic nitrogens is 1. The topological polar surface area (TPSA) is 51.3 Å². The Hall–Kier alpha value is -1.71. The highest BCUT2D eigenvalue weighted by Gasteiger charge is 2.16. The van der Waals surface area contributed by atoms with E-state index in [1.165, 1.54) is 0 Å². The Morgan fingerprint density at radius 3 is 2.75 bits per heavy atom. The van der Waals surface area contributed by atoms with Crippen molar-refractivity contribution < 1.29 is 4.79 Å². The van der Waals surface area contributed by atoms with Crippen LogP contribution in [0.5, 0.6) is 0 Å². The van der Waals surface area contributed by atoms with E-state index in [4.69, 9.17) is 5.73 Å². The molecule has 1 aromatic rings. The molecule has 0 saturated carbocycles. The summed E-state index contributed by atoms with van der Waals surface area (Å²) in [6.45, 7) is 8.97. The van der Waals surface area contributed by atoms with Crippen LogP contribution in [0.4, 0.5) is 5.69 Å². The molecule has 88 valence electrons. The molecule has 0 atom stereocenters. The predicted octanol–water partition coefficient (Wildman–Crippen LogP) is 1.74. The van der Waals surface area contributed by atoms with Gasteiger partial charge in [-0.15, -0.1) is 0 Å². The highest BCUT2D eigenvalue weighted by Crippen LogP contribution is 2.13. The van der Waals surface area contributed by atoms with Gasteiger partial charge >= 0.3 is 0 Å². The molecule has 0 aliphatic heterocycles. The fourth-order valence-electron chi connectivity index (χ4n) is 1.65. The van der Waals surface area contributed by atoms with Crippen LogP contribution in [0.2, 0.25) is 0 Å². The summed E-state index contributed by atoms with van der Waals surface area (Å²) in [5.41, 5.74) is 7.89. The molecule has 0 aliphatic rings. The van der Waals surface area contributed by atoms with Crippen molar-refractivity contribution in [1.82, 2.24) is 9.47 Å². The second kappa shape index (κ2) is 4.88. The lowest BCUT2D eigenvalue weighted by atomic mass is 10.3. The molecule has 0 fully saturated rings. The SMILES string of the molecule is C=C(C)CN(C)C(=O)c1cc(N)cn1CC. The number of carbonyl (C=O) groups excluding carboxylic acids is 1. The summed E-state index contributed by atoms with van der Waals surface area (Å²) in [4.78, 5) is 13.7. The summed E-state index contributed by atoms with van der Waals surface area (Å²) in [7, 11) is 1.76. The lowest BCUT2D eigenvalue weighted by molar-refractivity contribution is 0.0796. The first-order chi connectivity index (χ1) is 7.45. The molecule has 0 aliphatic carbocycles. The average molecular weight is 221 g/mol. The van der Waals surface area contributed by atoms with Crippen LogP contribution < -0.4 is 5.73 Å². The Morgan fingerprint density at radius 1 is 1.62 bits per heavy atom. The van der Waals surface area contributed by atoms with Crippen LogP contribution in [0.1, 0.15) is 24.3 Å². The highest BCUT2D eigenvalue weighted by molar-refractivity contribution is 5.93. The number of nitrogen functional groups attached to an aromatic ring is 1. The number of rotatable bonds is 4. The molecule has 0 aromatic carbocycles. The Morgan fingerprint density at radius 2 is 2.25 bits per heavy atom. The fraction of sp³-hybridized carbons (Fsp3) is 0.417. The molecule has 1 amide bonds. The Labute approximate surface area is 96.3 Å². The second-order valence-electron chi connectivity index (χ2n) is 4.06. The maximum Gasteiger partial charge on any atom is 0.270 e. The van der Waals surface area contributed by atoms with Gasteiger partial charge in [-0.1, -0.05) is 12.2 Å². The van der Waals surface area contributed by atoms with E-state index >= 15 is 0 Å². The molecule has 4 nitrogen and oxygen atoms in total. The lowest BCUT2D eigenvalue weighted by Crippen LogP contribution is -2.29. The monoisotopic (exact) mass is 221 g/mol. The maximum absolute atomic E-state index is 12.1. The molecule has 1 rings (SSSR count). The normalized spacial score (nSPS) is 10.2.